The van der Waals surface area contributed by atoms with Crippen LogP contribution in [-0.4, -0.2) is 32.1 Å². The number of carbonyl (C=O) groups is 2. The largest absolute Gasteiger partial charge is 0.337 e. The summed E-state index contributed by atoms with van der Waals surface area (Å²) in [7, 11) is 1.86. The minimum atomic E-state index is -0.448. The SMILES string of the molecule is C[NH+](CC(=O)NC(=O)NCCC1=CCCCC1)Cc1ccc(F)cc1. The molecule has 3 N–H and O–H groups in total. The highest BCUT2D eigenvalue weighted by Gasteiger charge is 2.13. The van der Waals surface area contributed by atoms with Gasteiger partial charge in [0.05, 0.1) is 7.05 Å². The molecule has 1 atom stereocenters. The Bertz CT molecular complexity index is 614. The lowest BCUT2D eigenvalue weighted by molar-refractivity contribution is -0.885. The van der Waals surface area contributed by atoms with E-state index in [1.165, 1.54) is 30.5 Å². The van der Waals surface area contributed by atoms with Crippen LogP contribution in [0, 0.1) is 5.82 Å². The van der Waals surface area contributed by atoms with Gasteiger partial charge in [0, 0.05) is 12.1 Å². The van der Waals surface area contributed by atoms with E-state index in [4.69, 9.17) is 0 Å². The predicted octanol–water partition coefficient (Wildman–Crippen LogP) is 1.56. The Balaban J connectivity index is 1.63. The molecule has 0 heterocycles. The van der Waals surface area contributed by atoms with Gasteiger partial charge in [-0.25, -0.2) is 9.18 Å². The lowest BCUT2D eigenvalue weighted by Crippen LogP contribution is -3.09. The number of urea groups is 1. The summed E-state index contributed by atoms with van der Waals surface area (Å²) in [6.07, 6.45) is 7.81. The number of carbonyl (C=O) groups excluding carboxylic acids is 2. The zero-order chi connectivity index (χ0) is 18.1. The van der Waals surface area contributed by atoms with Gasteiger partial charge < -0.3 is 10.2 Å². The maximum atomic E-state index is 12.9. The summed E-state index contributed by atoms with van der Waals surface area (Å²) >= 11 is 0. The summed E-state index contributed by atoms with van der Waals surface area (Å²) in [5.41, 5.74) is 2.33. The number of benzene rings is 1. The van der Waals surface area contributed by atoms with E-state index in [0.717, 1.165) is 29.7 Å². The molecule has 1 aromatic carbocycles. The van der Waals surface area contributed by atoms with Gasteiger partial charge in [-0.3, -0.25) is 10.1 Å². The van der Waals surface area contributed by atoms with E-state index in [2.05, 4.69) is 16.7 Å². The molecule has 0 aromatic heterocycles. The van der Waals surface area contributed by atoms with E-state index in [1.54, 1.807) is 12.1 Å². The number of nitrogens with one attached hydrogen (secondary N) is 3. The molecular weight excluding hydrogens is 321 g/mol. The van der Waals surface area contributed by atoms with Crippen LogP contribution in [-0.2, 0) is 11.3 Å². The summed E-state index contributed by atoms with van der Waals surface area (Å²) in [5, 5.41) is 5.08. The van der Waals surface area contributed by atoms with Crippen molar-refractivity contribution in [2.75, 3.05) is 20.1 Å². The normalized spacial score (nSPS) is 15.2. The number of quaternary nitrogens is 1. The highest BCUT2D eigenvalue weighted by atomic mass is 19.1. The molecule has 0 bridgehead atoms. The van der Waals surface area contributed by atoms with Crippen molar-refractivity contribution in [2.45, 2.75) is 38.6 Å². The van der Waals surface area contributed by atoms with Gasteiger partial charge in [0.1, 0.15) is 12.4 Å². The zero-order valence-corrected chi connectivity index (χ0v) is 14.7. The van der Waals surface area contributed by atoms with Crippen LogP contribution in [0.4, 0.5) is 9.18 Å². The molecule has 0 aliphatic heterocycles. The number of hydrogen-bond acceptors (Lipinski definition) is 2. The zero-order valence-electron chi connectivity index (χ0n) is 14.7. The van der Waals surface area contributed by atoms with E-state index < -0.39 is 6.03 Å². The van der Waals surface area contributed by atoms with E-state index in [-0.39, 0.29) is 18.3 Å². The number of rotatable bonds is 7. The Morgan fingerprint density at radius 3 is 2.64 bits per heavy atom. The van der Waals surface area contributed by atoms with Crippen LogP contribution >= 0.6 is 0 Å². The van der Waals surface area contributed by atoms with Gasteiger partial charge in [-0.05, 0) is 44.2 Å². The Morgan fingerprint density at radius 1 is 1.20 bits per heavy atom. The second-order valence-corrected chi connectivity index (χ2v) is 6.60. The van der Waals surface area contributed by atoms with Gasteiger partial charge in [-0.1, -0.05) is 23.8 Å². The molecule has 0 saturated carbocycles. The van der Waals surface area contributed by atoms with Crippen LogP contribution in [0.25, 0.3) is 0 Å². The third kappa shape index (κ3) is 7.47. The monoisotopic (exact) mass is 348 g/mol. The van der Waals surface area contributed by atoms with Crippen LogP contribution in [0.1, 0.15) is 37.7 Å². The first kappa shape index (κ1) is 19.1. The fraction of sp³-hybridized carbons (Fsp3) is 0.474. The lowest BCUT2D eigenvalue weighted by Gasteiger charge is -2.14. The molecule has 25 heavy (non-hydrogen) atoms. The van der Waals surface area contributed by atoms with Crippen molar-refractivity contribution in [2.24, 2.45) is 0 Å². The molecule has 5 nitrogen and oxygen atoms in total. The van der Waals surface area contributed by atoms with Crippen LogP contribution in [0.2, 0.25) is 0 Å². The van der Waals surface area contributed by atoms with Crippen molar-refractivity contribution in [1.82, 2.24) is 10.6 Å². The molecule has 136 valence electrons. The number of allylic oxidation sites excluding steroid dienone is 1. The number of imide groups is 1. The summed E-state index contributed by atoms with van der Waals surface area (Å²) < 4.78 is 12.9. The first-order valence-corrected chi connectivity index (χ1v) is 8.84. The van der Waals surface area contributed by atoms with Crippen molar-refractivity contribution in [3.05, 3.63) is 47.3 Å². The molecule has 1 aliphatic carbocycles. The molecule has 2 rings (SSSR count). The average Bonchev–Trinajstić information content (AvgIpc) is 2.57. The first-order valence-electron chi connectivity index (χ1n) is 8.84. The van der Waals surface area contributed by atoms with Gasteiger partial charge in [0.2, 0.25) is 0 Å². The van der Waals surface area contributed by atoms with Crippen molar-refractivity contribution in [3.8, 4) is 0 Å². The van der Waals surface area contributed by atoms with Crippen LogP contribution in [0.5, 0.6) is 0 Å². The molecular formula is C19H27FN3O2+. The minimum Gasteiger partial charge on any atom is -0.337 e. The van der Waals surface area contributed by atoms with Gasteiger partial charge in [0.25, 0.3) is 5.91 Å². The Labute approximate surface area is 148 Å². The number of hydrogen-bond donors (Lipinski definition) is 3. The minimum absolute atomic E-state index is 0.177. The van der Waals surface area contributed by atoms with Crippen molar-refractivity contribution in [3.63, 3.8) is 0 Å². The summed E-state index contributed by atoms with van der Waals surface area (Å²) in [4.78, 5) is 24.6. The Hall–Kier alpha value is -2.21. The molecule has 3 amide bonds. The van der Waals surface area contributed by atoms with E-state index >= 15 is 0 Å². The van der Waals surface area contributed by atoms with Gasteiger partial charge in [-0.15, -0.1) is 0 Å². The van der Waals surface area contributed by atoms with Crippen LogP contribution in [0.3, 0.4) is 0 Å². The second kappa shape index (κ2) is 9.93. The molecule has 1 aliphatic rings. The quantitative estimate of drug-likeness (QED) is 0.655. The first-order chi connectivity index (χ1) is 12.0. The summed E-state index contributed by atoms with van der Waals surface area (Å²) in [6, 6.07) is 5.75. The van der Waals surface area contributed by atoms with Crippen molar-refractivity contribution in [1.29, 1.82) is 0 Å². The highest BCUT2D eigenvalue weighted by molar-refractivity contribution is 5.94. The smallest absolute Gasteiger partial charge is 0.321 e. The van der Waals surface area contributed by atoms with E-state index in [0.29, 0.717) is 13.1 Å². The second-order valence-electron chi connectivity index (χ2n) is 6.60. The molecule has 0 fully saturated rings. The number of amides is 3. The lowest BCUT2D eigenvalue weighted by atomic mass is 9.97. The highest BCUT2D eigenvalue weighted by Crippen LogP contribution is 2.19. The third-order valence-corrected chi connectivity index (χ3v) is 4.25. The van der Waals surface area contributed by atoms with Crippen molar-refractivity contribution < 1.29 is 18.9 Å². The van der Waals surface area contributed by atoms with Crippen molar-refractivity contribution >= 4 is 11.9 Å². The maximum Gasteiger partial charge on any atom is 0.321 e. The number of halogens is 1. The third-order valence-electron chi connectivity index (χ3n) is 4.25. The number of likely N-dealkylation sites (N-methyl/N-ethyl adjacent to an activating group) is 1. The summed E-state index contributed by atoms with van der Waals surface area (Å²) in [5.74, 6) is -0.603. The topological polar surface area (TPSA) is 62.6 Å². The molecule has 0 saturated heterocycles. The van der Waals surface area contributed by atoms with Gasteiger partial charge >= 0.3 is 6.03 Å². The van der Waals surface area contributed by atoms with Gasteiger partial charge in [0.15, 0.2) is 6.54 Å². The average molecular weight is 348 g/mol. The molecule has 1 unspecified atom stereocenters. The van der Waals surface area contributed by atoms with Crippen LogP contribution < -0.4 is 15.5 Å². The molecule has 6 heteroatoms. The fourth-order valence-corrected chi connectivity index (χ4v) is 2.97. The van der Waals surface area contributed by atoms with Crippen LogP contribution in [0.15, 0.2) is 35.9 Å². The van der Waals surface area contributed by atoms with E-state index in [9.17, 15) is 14.0 Å². The molecule has 0 spiro atoms. The molecule has 1 aromatic rings. The maximum absolute atomic E-state index is 12.9. The fourth-order valence-electron chi connectivity index (χ4n) is 2.97. The Morgan fingerprint density at radius 2 is 1.96 bits per heavy atom. The van der Waals surface area contributed by atoms with E-state index in [1.807, 2.05) is 7.05 Å². The summed E-state index contributed by atoms with van der Waals surface area (Å²) in [6.45, 7) is 1.31. The standard InChI is InChI=1S/C19H26FN3O2/c1-23(13-16-7-9-17(20)10-8-16)14-18(24)22-19(25)21-12-11-15-5-3-2-4-6-15/h5,7-10H,2-4,6,11-14H2,1H3,(H2,21,22,24,25)/p+1. The Kier molecular flexibility index (Phi) is 7.60. The van der Waals surface area contributed by atoms with Gasteiger partial charge in [-0.2, -0.15) is 0 Å². The predicted molar refractivity (Wildman–Crippen MR) is 94.6 cm³/mol. The molecule has 0 radical (unpaired) electrons.